The highest BCUT2D eigenvalue weighted by molar-refractivity contribution is 6.33. The Bertz CT molecular complexity index is 1000. The van der Waals surface area contributed by atoms with Gasteiger partial charge in [-0.25, -0.2) is 4.98 Å². The fraction of sp³-hybridized carbons (Fsp3) is 0.556. The van der Waals surface area contributed by atoms with E-state index in [1.165, 1.54) is 18.4 Å². The van der Waals surface area contributed by atoms with E-state index in [9.17, 15) is 4.79 Å². The molecule has 190 valence electrons. The van der Waals surface area contributed by atoms with Crippen molar-refractivity contribution >= 4 is 34.9 Å². The molecule has 2 fully saturated rings. The summed E-state index contributed by atoms with van der Waals surface area (Å²) in [5, 5.41) is 4.14. The first-order chi connectivity index (χ1) is 16.9. The molecule has 0 aliphatic carbocycles. The fourth-order valence-corrected chi connectivity index (χ4v) is 5.92. The van der Waals surface area contributed by atoms with Gasteiger partial charge < -0.3 is 10.2 Å². The summed E-state index contributed by atoms with van der Waals surface area (Å²) in [6.07, 6.45) is 5.10. The van der Waals surface area contributed by atoms with E-state index in [-0.39, 0.29) is 5.91 Å². The second-order valence-corrected chi connectivity index (χ2v) is 10.6. The number of nitrogens with zero attached hydrogens (tertiary/aromatic N) is 4. The SMILES string of the molecule is CCNC(=O)c1cnc(N2CCN(C3CCN(Cc4ccc(Cl)cc4)C(C)C3)[C@@H](CC)C2)c(Cl)c1. The molecule has 3 atom stereocenters. The lowest BCUT2D eigenvalue weighted by Gasteiger charge is -2.49. The van der Waals surface area contributed by atoms with Crippen molar-refractivity contribution in [2.45, 2.75) is 64.7 Å². The second-order valence-electron chi connectivity index (χ2n) is 9.76. The summed E-state index contributed by atoms with van der Waals surface area (Å²) < 4.78 is 0. The number of hydrogen-bond acceptors (Lipinski definition) is 5. The molecule has 8 heteroatoms. The quantitative estimate of drug-likeness (QED) is 0.554. The lowest BCUT2D eigenvalue weighted by molar-refractivity contribution is 0.0361. The van der Waals surface area contributed by atoms with Gasteiger partial charge in [-0.3, -0.25) is 14.6 Å². The minimum Gasteiger partial charge on any atom is -0.353 e. The van der Waals surface area contributed by atoms with Gasteiger partial charge in [0.25, 0.3) is 5.91 Å². The molecule has 4 rings (SSSR count). The second kappa shape index (κ2) is 11.9. The van der Waals surface area contributed by atoms with Crippen LogP contribution in [0.2, 0.25) is 10.0 Å². The molecule has 35 heavy (non-hydrogen) atoms. The Morgan fingerprint density at radius 2 is 1.91 bits per heavy atom. The molecule has 0 spiro atoms. The van der Waals surface area contributed by atoms with Crippen molar-refractivity contribution in [1.29, 1.82) is 0 Å². The van der Waals surface area contributed by atoms with Crippen LogP contribution in [0.1, 0.15) is 56.0 Å². The zero-order chi connectivity index (χ0) is 24.9. The fourth-order valence-electron chi connectivity index (χ4n) is 5.51. The normalized spacial score (nSPS) is 23.9. The third kappa shape index (κ3) is 6.29. The number of aromatic nitrogens is 1. The maximum atomic E-state index is 12.1. The van der Waals surface area contributed by atoms with Crippen molar-refractivity contribution in [2.75, 3.05) is 37.6 Å². The molecule has 0 bridgehead atoms. The number of piperidine rings is 1. The number of amides is 1. The average Bonchev–Trinajstić information content (AvgIpc) is 2.86. The highest BCUT2D eigenvalue weighted by atomic mass is 35.5. The van der Waals surface area contributed by atoms with Crippen molar-refractivity contribution < 1.29 is 4.79 Å². The Labute approximate surface area is 219 Å². The lowest BCUT2D eigenvalue weighted by atomic mass is 9.93. The molecule has 0 radical (unpaired) electrons. The molecular formula is C27H37Cl2N5O. The summed E-state index contributed by atoms with van der Waals surface area (Å²) in [6.45, 7) is 12.0. The molecule has 1 aromatic heterocycles. The third-order valence-electron chi connectivity index (χ3n) is 7.47. The molecule has 2 aliphatic heterocycles. The minimum atomic E-state index is -0.138. The number of halogens is 2. The zero-order valence-electron chi connectivity index (χ0n) is 21.0. The minimum absolute atomic E-state index is 0.138. The summed E-state index contributed by atoms with van der Waals surface area (Å²) in [5.74, 6) is 0.644. The van der Waals surface area contributed by atoms with Crippen molar-refractivity contribution in [3.63, 3.8) is 0 Å². The van der Waals surface area contributed by atoms with E-state index in [1.807, 2.05) is 19.1 Å². The van der Waals surface area contributed by atoms with E-state index in [1.54, 1.807) is 12.3 Å². The topological polar surface area (TPSA) is 51.7 Å². The average molecular weight is 519 g/mol. The predicted molar refractivity (Wildman–Crippen MR) is 145 cm³/mol. The van der Waals surface area contributed by atoms with Gasteiger partial charge in [-0.05, 0) is 56.9 Å². The van der Waals surface area contributed by atoms with Gasteiger partial charge in [-0.2, -0.15) is 0 Å². The van der Waals surface area contributed by atoms with Crippen LogP contribution in [0.3, 0.4) is 0 Å². The van der Waals surface area contributed by atoms with Crippen LogP contribution in [-0.2, 0) is 6.54 Å². The van der Waals surface area contributed by atoms with Crippen LogP contribution in [0.5, 0.6) is 0 Å². The number of pyridine rings is 1. The van der Waals surface area contributed by atoms with Crippen molar-refractivity contribution in [1.82, 2.24) is 20.1 Å². The molecule has 2 unspecified atom stereocenters. The van der Waals surface area contributed by atoms with Gasteiger partial charge in [0.1, 0.15) is 5.82 Å². The van der Waals surface area contributed by atoms with E-state index < -0.39 is 0 Å². The van der Waals surface area contributed by atoms with Crippen LogP contribution >= 0.6 is 23.2 Å². The van der Waals surface area contributed by atoms with Crippen LogP contribution < -0.4 is 10.2 Å². The molecule has 2 saturated heterocycles. The summed E-state index contributed by atoms with van der Waals surface area (Å²) in [6, 6.07) is 11.6. The van der Waals surface area contributed by atoms with Gasteiger partial charge in [0.05, 0.1) is 10.6 Å². The predicted octanol–water partition coefficient (Wildman–Crippen LogP) is 5.09. The maximum Gasteiger partial charge on any atom is 0.252 e. The molecule has 1 aromatic carbocycles. The molecule has 1 amide bonds. The van der Waals surface area contributed by atoms with Crippen LogP contribution in [0.4, 0.5) is 5.82 Å². The van der Waals surface area contributed by atoms with E-state index in [0.29, 0.717) is 35.3 Å². The van der Waals surface area contributed by atoms with Crippen molar-refractivity contribution in [2.24, 2.45) is 0 Å². The van der Waals surface area contributed by atoms with Crippen molar-refractivity contribution in [3.8, 4) is 0 Å². The number of piperazine rings is 1. The van der Waals surface area contributed by atoms with Crippen LogP contribution in [0, 0.1) is 0 Å². The van der Waals surface area contributed by atoms with Gasteiger partial charge in [-0.1, -0.05) is 42.3 Å². The Morgan fingerprint density at radius 1 is 1.14 bits per heavy atom. The summed E-state index contributed by atoms with van der Waals surface area (Å²) in [5.41, 5.74) is 1.83. The highest BCUT2D eigenvalue weighted by Crippen LogP contribution is 2.31. The largest absolute Gasteiger partial charge is 0.353 e. The molecule has 3 heterocycles. The summed E-state index contributed by atoms with van der Waals surface area (Å²) >= 11 is 12.6. The number of nitrogens with one attached hydrogen (secondary N) is 1. The number of hydrogen-bond donors (Lipinski definition) is 1. The van der Waals surface area contributed by atoms with Crippen LogP contribution in [0.25, 0.3) is 0 Å². The van der Waals surface area contributed by atoms with Crippen molar-refractivity contribution in [3.05, 3.63) is 57.7 Å². The Balaban J connectivity index is 1.36. The molecule has 2 aromatic rings. The number of carbonyl (C=O) groups excluding carboxylic acids is 1. The Hall–Kier alpha value is -1.86. The van der Waals surface area contributed by atoms with Gasteiger partial charge in [0, 0.05) is 68.6 Å². The number of anilines is 1. The smallest absolute Gasteiger partial charge is 0.252 e. The molecule has 6 nitrogen and oxygen atoms in total. The number of rotatable bonds is 7. The molecule has 2 aliphatic rings. The number of likely N-dealkylation sites (tertiary alicyclic amines) is 1. The third-order valence-corrected chi connectivity index (χ3v) is 8.00. The van der Waals surface area contributed by atoms with Gasteiger partial charge in [-0.15, -0.1) is 0 Å². The van der Waals surface area contributed by atoms with Gasteiger partial charge >= 0.3 is 0 Å². The van der Waals surface area contributed by atoms with Gasteiger partial charge in [0.2, 0.25) is 0 Å². The van der Waals surface area contributed by atoms with Crippen LogP contribution in [0.15, 0.2) is 36.5 Å². The monoisotopic (exact) mass is 517 g/mol. The Kier molecular flexibility index (Phi) is 8.92. The first-order valence-electron chi connectivity index (χ1n) is 12.8. The molecule has 1 N–H and O–H groups in total. The number of benzene rings is 1. The van der Waals surface area contributed by atoms with Gasteiger partial charge in [0.15, 0.2) is 0 Å². The Morgan fingerprint density at radius 3 is 2.57 bits per heavy atom. The molecule has 0 saturated carbocycles. The standard InChI is InChI=1S/C27H37Cl2N5O/c1-4-23-18-33(26-25(29)15-21(16-31-26)27(35)30-5-2)12-13-34(23)24-10-11-32(19(3)14-24)17-20-6-8-22(28)9-7-20/h6-9,15-16,19,23-24H,4-5,10-14,17-18H2,1-3H3,(H,30,35)/t19?,23-,24?/m0/s1. The summed E-state index contributed by atoms with van der Waals surface area (Å²) in [4.78, 5) is 24.3. The number of carbonyl (C=O) groups is 1. The highest BCUT2D eigenvalue weighted by Gasteiger charge is 2.36. The molecular weight excluding hydrogens is 481 g/mol. The lowest BCUT2D eigenvalue weighted by Crippen LogP contribution is -2.59. The van der Waals surface area contributed by atoms with E-state index in [0.717, 1.165) is 50.0 Å². The maximum absolute atomic E-state index is 12.1. The van der Waals surface area contributed by atoms with E-state index >= 15 is 0 Å². The van der Waals surface area contributed by atoms with E-state index in [2.05, 4.69) is 51.0 Å². The van der Waals surface area contributed by atoms with Crippen LogP contribution in [-0.4, -0.2) is 71.5 Å². The zero-order valence-corrected chi connectivity index (χ0v) is 22.5. The first-order valence-corrected chi connectivity index (χ1v) is 13.6. The summed E-state index contributed by atoms with van der Waals surface area (Å²) in [7, 11) is 0. The van der Waals surface area contributed by atoms with E-state index in [4.69, 9.17) is 23.2 Å². The first kappa shape index (κ1) is 26.2.